The molecular formula is C20H19F3N6O2. The van der Waals surface area contributed by atoms with Crippen LogP contribution in [-0.4, -0.2) is 36.4 Å². The molecule has 1 aromatic carbocycles. The molecule has 8 nitrogen and oxygen atoms in total. The molecule has 0 saturated heterocycles. The Morgan fingerprint density at radius 1 is 1.23 bits per heavy atom. The first-order valence-electron chi connectivity index (χ1n) is 9.53. The lowest BCUT2D eigenvalue weighted by Crippen LogP contribution is -2.23. The second-order valence-corrected chi connectivity index (χ2v) is 6.96. The highest BCUT2D eigenvalue weighted by molar-refractivity contribution is 5.75. The fourth-order valence-electron chi connectivity index (χ4n) is 3.29. The van der Waals surface area contributed by atoms with Gasteiger partial charge in [-0.25, -0.2) is 4.98 Å². The summed E-state index contributed by atoms with van der Waals surface area (Å²) in [5, 5.41) is 4.20. The van der Waals surface area contributed by atoms with Crippen molar-refractivity contribution in [2.45, 2.75) is 32.6 Å². The highest BCUT2D eigenvalue weighted by Crippen LogP contribution is 2.29. The minimum Gasteiger partial charge on any atom is -0.468 e. The van der Waals surface area contributed by atoms with Gasteiger partial charge in [-0.2, -0.15) is 23.3 Å². The summed E-state index contributed by atoms with van der Waals surface area (Å²) < 4.78 is 46.9. The van der Waals surface area contributed by atoms with Gasteiger partial charge in [0.1, 0.15) is 5.82 Å². The number of H-pyrrole nitrogens is 1. The van der Waals surface area contributed by atoms with E-state index >= 15 is 0 Å². The lowest BCUT2D eigenvalue weighted by molar-refractivity contribution is -0.137. The number of rotatable bonds is 6. The Labute approximate surface area is 174 Å². The minimum absolute atomic E-state index is 0.152. The van der Waals surface area contributed by atoms with Gasteiger partial charge in [0.05, 0.1) is 31.0 Å². The van der Waals surface area contributed by atoms with Crippen molar-refractivity contribution in [3.8, 4) is 17.4 Å². The van der Waals surface area contributed by atoms with E-state index in [0.717, 1.165) is 18.6 Å². The average molecular weight is 432 g/mol. The van der Waals surface area contributed by atoms with Crippen LogP contribution < -0.4 is 10.3 Å². The van der Waals surface area contributed by atoms with Gasteiger partial charge in [-0.05, 0) is 24.1 Å². The van der Waals surface area contributed by atoms with Crippen molar-refractivity contribution in [3.63, 3.8) is 0 Å². The molecule has 0 unspecified atom stereocenters. The van der Waals surface area contributed by atoms with Crippen molar-refractivity contribution >= 4 is 11.2 Å². The van der Waals surface area contributed by atoms with E-state index in [9.17, 15) is 18.0 Å². The van der Waals surface area contributed by atoms with Gasteiger partial charge in [0.25, 0.3) is 5.56 Å². The lowest BCUT2D eigenvalue weighted by Gasteiger charge is -2.08. The fourth-order valence-corrected chi connectivity index (χ4v) is 3.29. The Hall–Kier alpha value is -3.63. The SMILES string of the molecule is CCCn1c(OC)nc2nc(-c3cnn(Cc4cccc(C(F)(F)F)c4)c3)[nH]c2c1=O. The third kappa shape index (κ3) is 4.03. The maximum absolute atomic E-state index is 12.9. The van der Waals surface area contributed by atoms with Gasteiger partial charge in [0, 0.05) is 12.7 Å². The zero-order valence-corrected chi connectivity index (χ0v) is 16.8. The van der Waals surface area contributed by atoms with E-state index < -0.39 is 11.7 Å². The monoisotopic (exact) mass is 432 g/mol. The van der Waals surface area contributed by atoms with Crippen molar-refractivity contribution in [1.29, 1.82) is 0 Å². The van der Waals surface area contributed by atoms with Crippen molar-refractivity contribution in [3.05, 3.63) is 58.1 Å². The molecule has 0 amide bonds. The summed E-state index contributed by atoms with van der Waals surface area (Å²) >= 11 is 0. The molecule has 0 spiro atoms. The molecule has 0 atom stereocenters. The van der Waals surface area contributed by atoms with Crippen LogP contribution in [-0.2, 0) is 19.3 Å². The standard InChI is InChI=1S/C20H19F3N6O2/c1-3-7-29-18(30)15-17(27-19(29)31-2)26-16(25-15)13-9-24-28(11-13)10-12-5-4-6-14(8-12)20(21,22)23/h4-6,8-9,11H,3,7,10H2,1-2H3,(H,25,26). The molecule has 0 aliphatic heterocycles. The van der Waals surface area contributed by atoms with Gasteiger partial charge >= 0.3 is 12.2 Å². The molecule has 4 aromatic rings. The number of benzene rings is 1. The zero-order chi connectivity index (χ0) is 22.2. The molecule has 0 bridgehead atoms. The highest BCUT2D eigenvalue weighted by atomic mass is 19.4. The van der Waals surface area contributed by atoms with Gasteiger partial charge in [0.15, 0.2) is 11.2 Å². The first kappa shape index (κ1) is 20.6. The van der Waals surface area contributed by atoms with E-state index in [1.165, 1.54) is 28.6 Å². The van der Waals surface area contributed by atoms with Crippen LogP contribution in [0.4, 0.5) is 13.2 Å². The third-order valence-electron chi connectivity index (χ3n) is 4.71. The quantitative estimate of drug-likeness (QED) is 0.504. The maximum atomic E-state index is 12.9. The molecule has 0 fully saturated rings. The maximum Gasteiger partial charge on any atom is 0.416 e. The summed E-state index contributed by atoms with van der Waals surface area (Å²) in [6, 6.07) is 5.26. The molecule has 1 N–H and O–H groups in total. The Morgan fingerprint density at radius 3 is 2.74 bits per heavy atom. The summed E-state index contributed by atoms with van der Waals surface area (Å²) in [4.78, 5) is 24.4. The average Bonchev–Trinajstić information content (AvgIpc) is 3.36. The van der Waals surface area contributed by atoms with Crippen molar-refractivity contribution in [2.75, 3.05) is 7.11 Å². The van der Waals surface area contributed by atoms with Crippen LogP contribution in [0, 0.1) is 0 Å². The topological polar surface area (TPSA) is 90.6 Å². The predicted octanol–water partition coefficient (Wildman–Crippen LogP) is 3.47. The van der Waals surface area contributed by atoms with Crippen LogP contribution in [0.15, 0.2) is 41.5 Å². The normalized spacial score (nSPS) is 11.9. The lowest BCUT2D eigenvalue weighted by atomic mass is 10.1. The summed E-state index contributed by atoms with van der Waals surface area (Å²) in [6.07, 6.45) is -0.516. The van der Waals surface area contributed by atoms with E-state index in [1.807, 2.05) is 6.92 Å². The van der Waals surface area contributed by atoms with Crippen LogP contribution in [0.2, 0.25) is 0 Å². The molecule has 0 radical (unpaired) electrons. The Bertz CT molecular complexity index is 1290. The second-order valence-electron chi connectivity index (χ2n) is 6.96. The number of nitrogens with zero attached hydrogens (tertiary/aromatic N) is 5. The van der Waals surface area contributed by atoms with E-state index in [0.29, 0.717) is 23.5 Å². The molecule has 0 saturated carbocycles. The molecule has 4 rings (SSSR count). The molecule has 11 heteroatoms. The Morgan fingerprint density at radius 2 is 2.03 bits per heavy atom. The van der Waals surface area contributed by atoms with Gasteiger partial charge in [-0.3, -0.25) is 14.0 Å². The van der Waals surface area contributed by atoms with Crippen LogP contribution in [0.5, 0.6) is 6.01 Å². The molecule has 31 heavy (non-hydrogen) atoms. The molecular weight excluding hydrogens is 413 g/mol. The Kier molecular flexibility index (Phi) is 5.25. The number of halogens is 3. The molecule has 3 heterocycles. The van der Waals surface area contributed by atoms with Gasteiger partial charge < -0.3 is 9.72 Å². The number of hydrogen-bond acceptors (Lipinski definition) is 5. The largest absolute Gasteiger partial charge is 0.468 e. The van der Waals surface area contributed by atoms with Gasteiger partial charge in [0.2, 0.25) is 0 Å². The van der Waals surface area contributed by atoms with Gasteiger partial charge in [-0.15, -0.1) is 0 Å². The number of hydrogen-bond donors (Lipinski definition) is 1. The number of alkyl halides is 3. The molecule has 162 valence electrons. The molecule has 0 aliphatic carbocycles. The van der Waals surface area contributed by atoms with Crippen LogP contribution >= 0.6 is 0 Å². The first-order valence-corrected chi connectivity index (χ1v) is 9.53. The van der Waals surface area contributed by atoms with Crippen LogP contribution in [0.25, 0.3) is 22.6 Å². The van der Waals surface area contributed by atoms with E-state index in [2.05, 4.69) is 20.1 Å². The smallest absolute Gasteiger partial charge is 0.416 e. The fraction of sp³-hybridized carbons (Fsp3) is 0.300. The first-order chi connectivity index (χ1) is 14.8. The number of methoxy groups -OCH3 is 1. The highest BCUT2D eigenvalue weighted by Gasteiger charge is 2.30. The van der Waals surface area contributed by atoms with Crippen molar-refractivity contribution in [1.82, 2.24) is 29.3 Å². The Balaban J connectivity index is 1.65. The number of aromatic amines is 1. The van der Waals surface area contributed by atoms with Crippen molar-refractivity contribution < 1.29 is 17.9 Å². The summed E-state index contributed by atoms with van der Waals surface area (Å²) in [5.41, 5.74) is 0.495. The molecule has 3 aromatic heterocycles. The number of ether oxygens (including phenoxy) is 1. The summed E-state index contributed by atoms with van der Waals surface area (Å²) in [6.45, 7) is 2.54. The number of fused-ring (bicyclic) bond motifs is 1. The van der Waals surface area contributed by atoms with E-state index in [-0.39, 0.29) is 29.3 Å². The van der Waals surface area contributed by atoms with E-state index in [4.69, 9.17) is 4.74 Å². The van der Waals surface area contributed by atoms with Crippen LogP contribution in [0.3, 0.4) is 0 Å². The van der Waals surface area contributed by atoms with E-state index in [1.54, 1.807) is 12.3 Å². The predicted molar refractivity (Wildman–Crippen MR) is 107 cm³/mol. The summed E-state index contributed by atoms with van der Waals surface area (Å²) in [7, 11) is 1.44. The number of aromatic nitrogens is 6. The molecule has 0 aliphatic rings. The minimum atomic E-state index is -4.40. The third-order valence-corrected chi connectivity index (χ3v) is 4.71. The second kappa shape index (κ2) is 7.89. The number of imidazole rings is 1. The van der Waals surface area contributed by atoms with Crippen LogP contribution in [0.1, 0.15) is 24.5 Å². The summed E-state index contributed by atoms with van der Waals surface area (Å²) in [5.74, 6) is 0.381. The zero-order valence-electron chi connectivity index (χ0n) is 16.8. The van der Waals surface area contributed by atoms with Gasteiger partial charge in [-0.1, -0.05) is 19.1 Å². The van der Waals surface area contributed by atoms with Crippen molar-refractivity contribution in [2.24, 2.45) is 0 Å². The number of nitrogens with one attached hydrogen (secondary N) is 1.